The van der Waals surface area contributed by atoms with Crippen LogP contribution in [0.1, 0.15) is 21.6 Å². The van der Waals surface area contributed by atoms with Crippen molar-refractivity contribution >= 4 is 11.6 Å². The number of nitriles is 1. The number of hydrogen-bond donors (Lipinski definition) is 1. The number of anilines is 1. The number of pyridine rings is 1. The van der Waals surface area contributed by atoms with Crippen LogP contribution in [0.4, 0.5) is 5.69 Å². The second-order valence-corrected chi connectivity index (χ2v) is 5.54. The van der Waals surface area contributed by atoms with E-state index in [-0.39, 0.29) is 5.91 Å². The van der Waals surface area contributed by atoms with Gasteiger partial charge in [0.25, 0.3) is 5.91 Å². The van der Waals surface area contributed by atoms with Crippen molar-refractivity contribution in [2.75, 3.05) is 31.6 Å². The molecular formula is C18H18N4O2. The molecule has 2 heterocycles. The molecule has 3 rings (SSSR count). The maximum absolute atomic E-state index is 12.4. The van der Waals surface area contributed by atoms with Crippen molar-refractivity contribution in [3.05, 3.63) is 59.4 Å². The fourth-order valence-electron chi connectivity index (χ4n) is 2.57. The predicted molar refractivity (Wildman–Crippen MR) is 89.4 cm³/mol. The zero-order chi connectivity index (χ0) is 16.8. The summed E-state index contributed by atoms with van der Waals surface area (Å²) in [6.07, 6.45) is 1.42. The van der Waals surface area contributed by atoms with E-state index in [4.69, 9.17) is 10.00 Å². The molecular weight excluding hydrogens is 304 g/mol. The number of rotatable bonds is 4. The summed E-state index contributed by atoms with van der Waals surface area (Å²) < 4.78 is 5.37. The quantitative estimate of drug-likeness (QED) is 0.932. The maximum Gasteiger partial charge on any atom is 0.257 e. The lowest BCUT2D eigenvalue weighted by Gasteiger charge is -2.27. The number of benzene rings is 1. The maximum atomic E-state index is 12.4. The molecule has 0 saturated carbocycles. The van der Waals surface area contributed by atoms with Crippen molar-refractivity contribution in [3.63, 3.8) is 0 Å². The number of nitrogens with one attached hydrogen (secondary N) is 1. The van der Waals surface area contributed by atoms with Crippen LogP contribution < -0.4 is 5.32 Å². The van der Waals surface area contributed by atoms with Crippen molar-refractivity contribution < 1.29 is 9.53 Å². The fraction of sp³-hybridized carbons (Fsp3) is 0.278. The van der Waals surface area contributed by atoms with Crippen LogP contribution in [0.5, 0.6) is 0 Å². The summed E-state index contributed by atoms with van der Waals surface area (Å²) in [6, 6.07) is 12.9. The van der Waals surface area contributed by atoms with Crippen molar-refractivity contribution in [2.24, 2.45) is 0 Å². The summed E-state index contributed by atoms with van der Waals surface area (Å²) in [5.74, 6) is -0.235. The minimum Gasteiger partial charge on any atom is -0.379 e. The van der Waals surface area contributed by atoms with Crippen LogP contribution in [0.25, 0.3) is 0 Å². The minimum absolute atomic E-state index is 0.235. The van der Waals surface area contributed by atoms with Crippen LogP contribution in [0.2, 0.25) is 0 Å². The van der Waals surface area contributed by atoms with E-state index in [1.54, 1.807) is 6.07 Å². The van der Waals surface area contributed by atoms with Crippen LogP contribution in [-0.4, -0.2) is 42.1 Å². The van der Waals surface area contributed by atoms with Gasteiger partial charge in [-0.3, -0.25) is 9.69 Å². The highest BCUT2D eigenvalue weighted by atomic mass is 16.5. The van der Waals surface area contributed by atoms with Gasteiger partial charge in [0.05, 0.1) is 18.8 Å². The molecule has 1 fully saturated rings. The SMILES string of the molecule is N#Cc1ccc(C(=O)Nc2ccccc2CN2CCOCC2)cn1. The Morgan fingerprint density at radius 2 is 2.04 bits per heavy atom. The highest BCUT2D eigenvalue weighted by Crippen LogP contribution is 2.19. The summed E-state index contributed by atoms with van der Waals surface area (Å²) in [4.78, 5) is 18.6. The molecule has 1 saturated heterocycles. The second-order valence-electron chi connectivity index (χ2n) is 5.54. The zero-order valence-corrected chi connectivity index (χ0v) is 13.2. The molecule has 1 aliphatic heterocycles. The second kappa shape index (κ2) is 7.68. The van der Waals surface area contributed by atoms with E-state index in [1.165, 1.54) is 12.3 Å². The van der Waals surface area contributed by atoms with Crippen LogP contribution in [0.15, 0.2) is 42.6 Å². The van der Waals surface area contributed by atoms with Gasteiger partial charge in [-0.05, 0) is 23.8 Å². The third kappa shape index (κ3) is 3.96. The molecule has 1 amide bonds. The van der Waals surface area contributed by atoms with E-state index >= 15 is 0 Å². The van der Waals surface area contributed by atoms with E-state index in [0.29, 0.717) is 11.3 Å². The van der Waals surface area contributed by atoms with Gasteiger partial charge in [-0.15, -0.1) is 0 Å². The van der Waals surface area contributed by atoms with E-state index in [2.05, 4.69) is 15.2 Å². The smallest absolute Gasteiger partial charge is 0.257 e. The highest BCUT2D eigenvalue weighted by molar-refractivity contribution is 6.04. The number of aromatic nitrogens is 1. The Labute approximate surface area is 140 Å². The normalized spacial score (nSPS) is 14.8. The molecule has 24 heavy (non-hydrogen) atoms. The topological polar surface area (TPSA) is 78.2 Å². The molecule has 1 aromatic carbocycles. The average molecular weight is 322 g/mol. The Morgan fingerprint density at radius 3 is 2.75 bits per heavy atom. The predicted octanol–water partition coefficient (Wildman–Crippen LogP) is 2.04. The van der Waals surface area contributed by atoms with Gasteiger partial charge in [-0.2, -0.15) is 5.26 Å². The zero-order valence-electron chi connectivity index (χ0n) is 13.2. The summed E-state index contributed by atoms with van der Waals surface area (Å²) in [5.41, 5.74) is 2.57. The monoisotopic (exact) mass is 322 g/mol. The number of para-hydroxylation sites is 1. The first-order valence-electron chi connectivity index (χ1n) is 7.82. The van der Waals surface area contributed by atoms with Crippen LogP contribution in [0, 0.1) is 11.3 Å². The molecule has 0 spiro atoms. The van der Waals surface area contributed by atoms with E-state index < -0.39 is 0 Å². The molecule has 0 bridgehead atoms. The largest absolute Gasteiger partial charge is 0.379 e. The molecule has 6 nitrogen and oxygen atoms in total. The van der Waals surface area contributed by atoms with Crippen LogP contribution in [0.3, 0.4) is 0 Å². The van der Waals surface area contributed by atoms with Crippen LogP contribution >= 0.6 is 0 Å². The third-order valence-electron chi connectivity index (χ3n) is 3.90. The highest BCUT2D eigenvalue weighted by Gasteiger charge is 2.14. The molecule has 1 N–H and O–H groups in total. The van der Waals surface area contributed by atoms with E-state index in [0.717, 1.165) is 44.1 Å². The fourth-order valence-corrected chi connectivity index (χ4v) is 2.57. The third-order valence-corrected chi connectivity index (χ3v) is 3.90. The summed E-state index contributed by atoms with van der Waals surface area (Å²) in [5, 5.41) is 11.7. The minimum atomic E-state index is -0.235. The lowest BCUT2D eigenvalue weighted by atomic mass is 10.1. The van der Waals surface area contributed by atoms with Gasteiger partial charge in [0.2, 0.25) is 0 Å². The first-order chi connectivity index (χ1) is 11.8. The molecule has 0 radical (unpaired) electrons. The van der Waals surface area contributed by atoms with Crippen molar-refractivity contribution in [3.8, 4) is 6.07 Å². The van der Waals surface area contributed by atoms with E-state index in [9.17, 15) is 4.79 Å². The number of nitrogens with zero attached hydrogens (tertiary/aromatic N) is 3. The molecule has 0 aliphatic carbocycles. The number of amides is 1. The van der Waals surface area contributed by atoms with Gasteiger partial charge in [0, 0.05) is 31.5 Å². The van der Waals surface area contributed by atoms with Crippen LogP contribution in [-0.2, 0) is 11.3 Å². The van der Waals surface area contributed by atoms with Gasteiger partial charge >= 0.3 is 0 Å². The number of morpholine rings is 1. The molecule has 122 valence electrons. The molecule has 6 heteroatoms. The summed E-state index contributed by atoms with van der Waals surface area (Å²) >= 11 is 0. The molecule has 1 aromatic heterocycles. The molecule has 0 atom stereocenters. The van der Waals surface area contributed by atoms with Crippen molar-refractivity contribution in [2.45, 2.75) is 6.54 Å². The van der Waals surface area contributed by atoms with Gasteiger partial charge in [-0.1, -0.05) is 18.2 Å². The van der Waals surface area contributed by atoms with Crippen molar-refractivity contribution in [1.29, 1.82) is 5.26 Å². The molecule has 0 unspecified atom stereocenters. The summed E-state index contributed by atoms with van der Waals surface area (Å²) in [7, 11) is 0. The Hall–Kier alpha value is -2.75. The molecule has 2 aromatic rings. The number of carbonyl (C=O) groups excluding carboxylic acids is 1. The number of hydrogen-bond acceptors (Lipinski definition) is 5. The number of ether oxygens (including phenoxy) is 1. The standard InChI is InChI=1S/C18H18N4O2/c19-11-16-6-5-14(12-20-16)18(23)21-17-4-2-1-3-15(17)13-22-7-9-24-10-8-22/h1-6,12H,7-10,13H2,(H,21,23). The summed E-state index contributed by atoms with van der Waals surface area (Å²) in [6.45, 7) is 4.03. The molecule has 1 aliphatic rings. The Kier molecular flexibility index (Phi) is 5.16. The average Bonchev–Trinajstić information content (AvgIpc) is 2.64. The van der Waals surface area contributed by atoms with Gasteiger partial charge in [0.15, 0.2) is 0 Å². The Balaban J connectivity index is 1.72. The van der Waals surface area contributed by atoms with Gasteiger partial charge in [-0.25, -0.2) is 4.98 Å². The lowest BCUT2D eigenvalue weighted by Crippen LogP contribution is -2.35. The van der Waals surface area contributed by atoms with Crippen molar-refractivity contribution in [1.82, 2.24) is 9.88 Å². The lowest BCUT2D eigenvalue weighted by molar-refractivity contribution is 0.0342. The number of carbonyl (C=O) groups is 1. The van der Waals surface area contributed by atoms with E-state index in [1.807, 2.05) is 30.3 Å². The Morgan fingerprint density at radius 1 is 1.25 bits per heavy atom. The Bertz CT molecular complexity index is 746. The van der Waals surface area contributed by atoms with Gasteiger partial charge < -0.3 is 10.1 Å². The first kappa shape index (κ1) is 16.1. The first-order valence-corrected chi connectivity index (χ1v) is 7.82. The van der Waals surface area contributed by atoms with Gasteiger partial charge in [0.1, 0.15) is 11.8 Å².